The lowest BCUT2D eigenvalue weighted by molar-refractivity contribution is 0.414. The van der Waals surface area contributed by atoms with Gasteiger partial charge < -0.3 is 9.15 Å². The van der Waals surface area contributed by atoms with Crippen molar-refractivity contribution in [1.29, 1.82) is 0 Å². The summed E-state index contributed by atoms with van der Waals surface area (Å²) >= 11 is 1.56. The number of ether oxygens (including phenoxy) is 1. The van der Waals surface area contributed by atoms with Crippen LogP contribution in [-0.2, 0) is 0 Å². The molecule has 4 aromatic rings. The third kappa shape index (κ3) is 3.80. The topological polar surface area (TPSA) is 66.0 Å². The van der Waals surface area contributed by atoms with Gasteiger partial charge in [-0.2, -0.15) is 0 Å². The van der Waals surface area contributed by atoms with Gasteiger partial charge >= 0.3 is 0 Å². The van der Waals surface area contributed by atoms with Gasteiger partial charge in [0.25, 0.3) is 0 Å². The molecule has 2 heterocycles. The van der Waals surface area contributed by atoms with Crippen LogP contribution in [0.15, 0.2) is 70.5 Å². The molecule has 0 spiro atoms. The van der Waals surface area contributed by atoms with Crippen molar-refractivity contribution in [1.82, 2.24) is 19.7 Å². The van der Waals surface area contributed by atoms with E-state index in [9.17, 15) is 0 Å². The molecule has 0 amide bonds. The zero-order chi connectivity index (χ0) is 19.5. The predicted molar refractivity (Wildman–Crippen MR) is 109 cm³/mol. The van der Waals surface area contributed by atoms with E-state index in [4.69, 9.17) is 9.15 Å². The Kier molecular flexibility index (Phi) is 5.16. The van der Waals surface area contributed by atoms with Crippen LogP contribution in [0.1, 0.15) is 23.6 Å². The molecule has 142 valence electrons. The first-order valence-electron chi connectivity index (χ1n) is 8.89. The fourth-order valence-electron chi connectivity index (χ4n) is 2.75. The van der Waals surface area contributed by atoms with Gasteiger partial charge in [0.2, 0.25) is 11.8 Å². The fourth-order valence-corrected chi connectivity index (χ4v) is 3.67. The summed E-state index contributed by atoms with van der Waals surface area (Å²) in [6.45, 7) is 4.08. The first-order chi connectivity index (χ1) is 13.6. The number of methoxy groups -OCH3 is 1. The number of hydrogen-bond donors (Lipinski definition) is 0. The van der Waals surface area contributed by atoms with Gasteiger partial charge in [0.15, 0.2) is 5.16 Å². The summed E-state index contributed by atoms with van der Waals surface area (Å²) in [7, 11) is 1.66. The van der Waals surface area contributed by atoms with E-state index >= 15 is 0 Å². The first kappa shape index (κ1) is 18.3. The molecule has 1 unspecified atom stereocenters. The molecular weight excluding hydrogens is 372 g/mol. The molecule has 0 N–H and O–H groups in total. The van der Waals surface area contributed by atoms with Crippen LogP contribution in [0.3, 0.4) is 0 Å². The zero-order valence-corrected chi connectivity index (χ0v) is 16.7. The average Bonchev–Trinajstić information content (AvgIpc) is 3.38. The van der Waals surface area contributed by atoms with Gasteiger partial charge in [-0.1, -0.05) is 35.5 Å². The van der Waals surface area contributed by atoms with Crippen molar-refractivity contribution < 1.29 is 9.15 Å². The summed E-state index contributed by atoms with van der Waals surface area (Å²) in [4.78, 5) is 4.48. The summed E-state index contributed by atoms with van der Waals surface area (Å²) in [5, 5.41) is 9.23. The highest BCUT2D eigenvalue weighted by Crippen LogP contribution is 2.35. The molecule has 4 rings (SSSR count). The third-order valence-electron chi connectivity index (χ3n) is 4.31. The molecule has 1 atom stereocenters. The third-order valence-corrected chi connectivity index (χ3v) is 5.38. The lowest BCUT2D eigenvalue weighted by Gasteiger charge is -2.11. The molecule has 0 bridgehead atoms. The second kappa shape index (κ2) is 7.90. The van der Waals surface area contributed by atoms with Crippen LogP contribution < -0.4 is 4.74 Å². The van der Waals surface area contributed by atoms with E-state index in [1.807, 2.05) is 73.1 Å². The average molecular weight is 392 g/mol. The van der Waals surface area contributed by atoms with Gasteiger partial charge in [0, 0.05) is 24.0 Å². The predicted octanol–water partition coefficient (Wildman–Crippen LogP) is 5.09. The number of rotatable bonds is 6. The SMILES string of the molecule is COc1cccc(-n2ccnc2SC(C)c2nnc(-c3ccc(C)cc3)o2)c1. The van der Waals surface area contributed by atoms with Crippen LogP contribution in [-0.4, -0.2) is 26.9 Å². The van der Waals surface area contributed by atoms with Gasteiger partial charge in [-0.05, 0) is 38.1 Å². The van der Waals surface area contributed by atoms with Crippen molar-refractivity contribution in [2.24, 2.45) is 0 Å². The molecule has 0 radical (unpaired) electrons. The minimum absolute atomic E-state index is 0.0431. The molecule has 0 aliphatic rings. The van der Waals surface area contributed by atoms with Gasteiger partial charge in [0.1, 0.15) is 5.75 Å². The van der Waals surface area contributed by atoms with Crippen LogP contribution >= 0.6 is 11.8 Å². The highest BCUT2D eigenvalue weighted by molar-refractivity contribution is 7.99. The Labute approximate surface area is 167 Å². The molecule has 2 aromatic carbocycles. The molecule has 0 saturated heterocycles. The second-order valence-electron chi connectivity index (χ2n) is 6.35. The van der Waals surface area contributed by atoms with E-state index in [0.29, 0.717) is 11.8 Å². The van der Waals surface area contributed by atoms with Crippen LogP contribution in [0.25, 0.3) is 17.1 Å². The maximum Gasteiger partial charge on any atom is 0.247 e. The number of imidazole rings is 1. The highest BCUT2D eigenvalue weighted by Gasteiger charge is 2.19. The van der Waals surface area contributed by atoms with Crippen molar-refractivity contribution in [3.05, 3.63) is 72.4 Å². The molecular formula is C21H20N4O2S. The molecule has 2 aromatic heterocycles. The van der Waals surface area contributed by atoms with Crippen molar-refractivity contribution in [2.45, 2.75) is 24.3 Å². The first-order valence-corrected chi connectivity index (χ1v) is 9.77. The summed E-state index contributed by atoms with van der Waals surface area (Å²) in [5.74, 6) is 1.90. The fraction of sp³-hybridized carbons (Fsp3) is 0.190. The van der Waals surface area contributed by atoms with E-state index in [1.165, 1.54) is 5.56 Å². The Bertz CT molecular complexity index is 1070. The Morgan fingerprint density at radius 1 is 1.11 bits per heavy atom. The number of aryl methyl sites for hydroxylation is 1. The van der Waals surface area contributed by atoms with Crippen LogP contribution in [0.2, 0.25) is 0 Å². The van der Waals surface area contributed by atoms with Gasteiger partial charge in [-0.3, -0.25) is 4.57 Å². The summed E-state index contributed by atoms with van der Waals surface area (Å²) in [5.41, 5.74) is 3.09. The Morgan fingerprint density at radius 2 is 1.93 bits per heavy atom. The lowest BCUT2D eigenvalue weighted by Crippen LogP contribution is -1.98. The minimum atomic E-state index is -0.0431. The van der Waals surface area contributed by atoms with Crippen LogP contribution in [0.5, 0.6) is 5.75 Å². The summed E-state index contributed by atoms with van der Waals surface area (Å²) in [6.07, 6.45) is 3.70. The molecule has 6 nitrogen and oxygen atoms in total. The van der Waals surface area contributed by atoms with Crippen molar-refractivity contribution in [2.75, 3.05) is 7.11 Å². The Balaban J connectivity index is 1.54. The smallest absolute Gasteiger partial charge is 0.247 e. The molecule has 28 heavy (non-hydrogen) atoms. The van der Waals surface area contributed by atoms with Crippen LogP contribution in [0, 0.1) is 6.92 Å². The molecule has 7 heteroatoms. The Hall–Kier alpha value is -3.06. The summed E-state index contributed by atoms with van der Waals surface area (Å²) < 4.78 is 13.2. The standard InChI is InChI=1S/C21H20N4O2S/c1-14-7-9-16(10-8-14)20-24-23-19(27-20)15(2)28-21-22-11-12-25(21)17-5-4-6-18(13-17)26-3/h4-13,15H,1-3H3. The van der Waals surface area contributed by atoms with Crippen molar-refractivity contribution in [3.8, 4) is 22.9 Å². The van der Waals surface area contributed by atoms with E-state index in [2.05, 4.69) is 15.2 Å². The number of thioether (sulfide) groups is 1. The maximum atomic E-state index is 5.90. The number of nitrogens with zero attached hydrogens (tertiary/aromatic N) is 4. The van der Waals surface area contributed by atoms with E-state index in [1.54, 1.807) is 25.1 Å². The largest absolute Gasteiger partial charge is 0.497 e. The number of benzene rings is 2. The Morgan fingerprint density at radius 3 is 2.71 bits per heavy atom. The normalized spacial score (nSPS) is 12.1. The highest BCUT2D eigenvalue weighted by atomic mass is 32.2. The second-order valence-corrected chi connectivity index (χ2v) is 7.66. The van der Waals surface area contributed by atoms with E-state index < -0.39 is 0 Å². The molecule has 0 aliphatic heterocycles. The lowest BCUT2D eigenvalue weighted by atomic mass is 10.1. The van der Waals surface area contributed by atoms with Gasteiger partial charge in [0.05, 0.1) is 18.0 Å². The monoisotopic (exact) mass is 392 g/mol. The van der Waals surface area contributed by atoms with E-state index in [-0.39, 0.29) is 5.25 Å². The van der Waals surface area contributed by atoms with Gasteiger partial charge in [-0.25, -0.2) is 4.98 Å². The van der Waals surface area contributed by atoms with Gasteiger partial charge in [-0.15, -0.1) is 10.2 Å². The quantitative estimate of drug-likeness (QED) is 0.426. The van der Waals surface area contributed by atoms with Crippen LogP contribution in [0.4, 0.5) is 0 Å². The molecule has 0 fully saturated rings. The minimum Gasteiger partial charge on any atom is -0.497 e. The van der Waals surface area contributed by atoms with Crippen molar-refractivity contribution >= 4 is 11.8 Å². The zero-order valence-electron chi connectivity index (χ0n) is 15.9. The summed E-state index contributed by atoms with van der Waals surface area (Å²) in [6, 6.07) is 15.9. The van der Waals surface area contributed by atoms with Crippen molar-refractivity contribution in [3.63, 3.8) is 0 Å². The molecule has 0 aliphatic carbocycles. The van der Waals surface area contributed by atoms with E-state index in [0.717, 1.165) is 22.2 Å². The number of hydrogen-bond acceptors (Lipinski definition) is 6. The number of aromatic nitrogens is 4. The molecule has 0 saturated carbocycles. The maximum absolute atomic E-state index is 5.90.